The van der Waals surface area contributed by atoms with Gasteiger partial charge in [0, 0.05) is 12.8 Å². The average molecular weight is 232 g/mol. The molecule has 1 aromatic heterocycles. The molecule has 0 unspecified atom stereocenters. The van der Waals surface area contributed by atoms with Gasteiger partial charge in [0.05, 0.1) is 12.8 Å². The molecule has 1 aromatic carbocycles. The molecule has 0 radical (unpaired) electrons. The summed E-state index contributed by atoms with van der Waals surface area (Å²) in [5, 5.41) is 9.66. The number of nitrogens with zero attached hydrogens (tertiary/aromatic N) is 1. The lowest BCUT2D eigenvalue weighted by Gasteiger charge is -2.02. The number of aromatic nitrogens is 2. The Bertz CT molecular complexity index is 489. The van der Waals surface area contributed by atoms with E-state index in [4.69, 9.17) is 4.74 Å². The van der Waals surface area contributed by atoms with Crippen molar-refractivity contribution in [1.29, 1.82) is 0 Å². The zero-order valence-corrected chi connectivity index (χ0v) is 10.0. The third-order valence-electron chi connectivity index (χ3n) is 2.68. The first-order valence-electron chi connectivity index (χ1n) is 5.62. The average Bonchev–Trinajstić information content (AvgIpc) is 2.71. The molecule has 0 aliphatic rings. The second-order valence-corrected chi connectivity index (χ2v) is 3.86. The molecule has 1 heterocycles. The summed E-state index contributed by atoms with van der Waals surface area (Å²) in [7, 11) is 1.64. The highest BCUT2D eigenvalue weighted by Gasteiger charge is 2.08. The number of benzene rings is 1. The molecule has 0 saturated heterocycles. The number of aromatic amines is 1. The number of hydrogen-bond donors (Lipinski definition) is 2. The standard InChI is InChI=1S/C13H16N2O2/c1-3-12-14-11(13(16)15-12)8-9-4-6-10(17-2)7-5-9/h4-7,16H,3,8H2,1-2H3,(H,14,15). The van der Waals surface area contributed by atoms with Crippen LogP contribution in [-0.4, -0.2) is 22.2 Å². The van der Waals surface area contributed by atoms with Crippen molar-refractivity contribution in [2.45, 2.75) is 19.8 Å². The number of ether oxygens (including phenoxy) is 1. The maximum Gasteiger partial charge on any atom is 0.232 e. The number of aryl methyl sites for hydroxylation is 1. The molecule has 4 heteroatoms. The predicted octanol–water partition coefficient (Wildman–Crippen LogP) is 2.28. The number of imidazole rings is 1. The van der Waals surface area contributed by atoms with Gasteiger partial charge >= 0.3 is 0 Å². The van der Waals surface area contributed by atoms with E-state index in [0.29, 0.717) is 6.42 Å². The van der Waals surface area contributed by atoms with Crippen molar-refractivity contribution < 1.29 is 9.84 Å². The minimum absolute atomic E-state index is 0.0951. The quantitative estimate of drug-likeness (QED) is 0.850. The van der Waals surface area contributed by atoms with Gasteiger partial charge in [-0.1, -0.05) is 19.1 Å². The van der Waals surface area contributed by atoms with Crippen LogP contribution in [0.25, 0.3) is 0 Å². The van der Waals surface area contributed by atoms with Gasteiger partial charge in [-0.25, -0.2) is 0 Å². The van der Waals surface area contributed by atoms with E-state index in [2.05, 4.69) is 9.97 Å². The summed E-state index contributed by atoms with van der Waals surface area (Å²) in [4.78, 5) is 7.15. The fourth-order valence-corrected chi connectivity index (χ4v) is 1.69. The molecule has 90 valence electrons. The van der Waals surface area contributed by atoms with E-state index >= 15 is 0 Å². The Morgan fingerprint density at radius 2 is 2.00 bits per heavy atom. The Morgan fingerprint density at radius 1 is 1.29 bits per heavy atom. The van der Waals surface area contributed by atoms with Gasteiger partial charge < -0.3 is 14.8 Å². The highest BCUT2D eigenvalue weighted by molar-refractivity contribution is 5.32. The number of nitrogens with one attached hydrogen (secondary N) is 1. The van der Waals surface area contributed by atoms with Crippen LogP contribution in [0.1, 0.15) is 24.0 Å². The van der Waals surface area contributed by atoms with E-state index < -0.39 is 0 Å². The van der Waals surface area contributed by atoms with E-state index in [1.165, 1.54) is 0 Å². The van der Waals surface area contributed by atoms with Crippen LogP contribution in [0.15, 0.2) is 24.3 Å². The lowest BCUT2D eigenvalue weighted by atomic mass is 10.1. The molecule has 0 saturated carbocycles. The fourth-order valence-electron chi connectivity index (χ4n) is 1.69. The molecule has 0 spiro atoms. The van der Waals surface area contributed by atoms with Crippen LogP contribution < -0.4 is 4.74 Å². The van der Waals surface area contributed by atoms with Gasteiger partial charge in [0.25, 0.3) is 0 Å². The van der Waals surface area contributed by atoms with E-state index in [1.807, 2.05) is 31.2 Å². The molecule has 17 heavy (non-hydrogen) atoms. The number of aromatic hydroxyl groups is 1. The second kappa shape index (κ2) is 4.91. The Labute approximate surface area is 100 Å². The monoisotopic (exact) mass is 232 g/mol. The van der Waals surface area contributed by atoms with E-state index in [9.17, 15) is 5.11 Å². The van der Waals surface area contributed by atoms with Crippen LogP contribution in [0.5, 0.6) is 11.6 Å². The van der Waals surface area contributed by atoms with E-state index in [1.54, 1.807) is 7.11 Å². The van der Waals surface area contributed by atoms with Crippen LogP contribution >= 0.6 is 0 Å². The summed E-state index contributed by atoms with van der Waals surface area (Å²) >= 11 is 0. The summed E-state index contributed by atoms with van der Waals surface area (Å²) in [5.74, 6) is 1.74. The normalized spacial score (nSPS) is 10.5. The highest BCUT2D eigenvalue weighted by atomic mass is 16.5. The summed E-state index contributed by atoms with van der Waals surface area (Å²) < 4.78 is 5.10. The molecule has 0 aliphatic heterocycles. The maximum absolute atomic E-state index is 9.66. The molecule has 0 atom stereocenters. The number of H-pyrrole nitrogens is 1. The van der Waals surface area contributed by atoms with E-state index in [0.717, 1.165) is 29.3 Å². The summed E-state index contributed by atoms with van der Waals surface area (Å²) in [6, 6.07) is 7.77. The van der Waals surface area contributed by atoms with Crippen LogP contribution in [-0.2, 0) is 12.8 Å². The minimum Gasteiger partial charge on any atom is -0.497 e. The van der Waals surface area contributed by atoms with Crippen LogP contribution in [0.2, 0.25) is 0 Å². The van der Waals surface area contributed by atoms with Gasteiger partial charge in [-0.3, -0.25) is 0 Å². The van der Waals surface area contributed by atoms with Gasteiger partial charge in [0.2, 0.25) is 5.88 Å². The second-order valence-electron chi connectivity index (χ2n) is 3.86. The SMILES string of the molecule is CCc1nc(O)c(Cc2ccc(OC)cc2)[nH]1. The largest absolute Gasteiger partial charge is 0.497 e. The first kappa shape index (κ1) is 11.5. The first-order valence-corrected chi connectivity index (χ1v) is 5.62. The van der Waals surface area contributed by atoms with Crippen LogP contribution in [0.3, 0.4) is 0 Å². The van der Waals surface area contributed by atoms with Gasteiger partial charge in [0.1, 0.15) is 11.6 Å². The number of hydrogen-bond acceptors (Lipinski definition) is 3. The molecule has 0 aliphatic carbocycles. The van der Waals surface area contributed by atoms with Gasteiger partial charge in [-0.15, -0.1) is 0 Å². The van der Waals surface area contributed by atoms with Crippen molar-refractivity contribution in [2.75, 3.05) is 7.11 Å². The number of rotatable bonds is 4. The summed E-state index contributed by atoms with van der Waals surface area (Å²) in [6.07, 6.45) is 1.43. The van der Waals surface area contributed by atoms with Crippen LogP contribution in [0, 0.1) is 0 Å². The lowest BCUT2D eigenvalue weighted by molar-refractivity contribution is 0.414. The molecule has 4 nitrogen and oxygen atoms in total. The summed E-state index contributed by atoms with van der Waals surface area (Å²) in [6.45, 7) is 2.00. The minimum atomic E-state index is 0.0951. The Morgan fingerprint density at radius 3 is 2.53 bits per heavy atom. The van der Waals surface area contributed by atoms with Crippen molar-refractivity contribution in [2.24, 2.45) is 0 Å². The van der Waals surface area contributed by atoms with Crippen molar-refractivity contribution in [3.8, 4) is 11.6 Å². The molecular formula is C13H16N2O2. The molecule has 0 fully saturated rings. The zero-order chi connectivity index (χ0) is 12.3. The summed E-state index contributed by atoms with van der Waals surface area (Å²) in [5.41, 5.74) is 1.86. The Kier molecular flexibility index (Phi) is 3.32. The molecule has 0 amide bonds. The molecule has 2 N–H and O–H groups in total. The van der Waals surface area contributed by atoms with Crippen molar-refractivity contribution in [3.05, 3.63) is 41.3 Å². The zero-order valence-electron chi connectivity index (χ0n) is 10.0. The molecular weight excluding hydrogens is 216 g/mol. The van der Waals surface area contributed by atoms with Crippen LogP contribution in [0.4, 0.5) is 0 Å². The molecule has 0 bridgehead atoms. The smallest absolute Gasteiger partial charge is 0.232 e. The van der Waals surface area contributed by atoms with Gasteiger partial charge in [0.15, 0.2) is 0 Å². The van der Waals surface area contributed by atoms with Gasteiger partial charge in [-0.2, -0.15) is 4.98 Å². The van der Waals surface area contributed by atoms with Crippen molar-refractivity contribution in [3.63, 3.8) is 0 Å². The Hall–Kier alpha value is -1.97. The third kappa shape index (κ3) is 2.58. The highest BCUT2D eigenvalue weighted by Crippen LogP contribution is 2.19. The Balaban J connectivity index is 2.16. The predicted molar refractivity (Wildman–Crippen MR) is 65.4 cm³/mol. The topological polar surface area (TPSA) is 58.1 Å². The first-order chi connectivity index (χ1) is 8.22. The van der Waals surface area contributed by atoms with Crippen molar-refractivity contribution >= 4 is 0 Å². The fraction of sp³-hybridized carbons (Fsp3) is 0.308. The maximum atomic E-state index is 9.66. The van der Waals surface area contributed by atoms with Crippen molar-refractivity contribution in [1.82, 2.24) is 9.97 Å². The van der Waals surface area contributed by atoms with Gasteiger partial charge in [-0.05, 0) is 17.7 Å². The number of methoxy groups -OCH3 is 1. The lowest BCUT2D eigenvalue weighted by Crippen LogP contribution is -1.90. The molecule has 2 aromatic rings. The molecule has 2 rings (SSSR count). The van der Waals surface area contributed by atoms with E-state index in [-0.39, 0.29) is 5.88 Å². The third-order valence-corrected chi connectivity index (χ3v) is 2.68.